The fourth-order valence-electron chi connectivity index (χ4n) is 1.55. The van der Waals surface area contributed by atoms with Crippen molar-refractivity contribution in [3.8, 4) is 0 Å². The maximum atomic E-state index is 10.8. The first kappa shape index (κ1) is 11.2. The van der Waals surface area contributed by atoms with Crippen LogP contribution < -0.4 is 0 Å². The molecule has 0 aliphatic carbocycles. The van der Waals surface area contributed by atoms with Crippen molar-refractivity contribution in [2.75, 3.05) is 0 Å². The molecule has 0 aliphatic heterocycles. The number of carboxylic acid groups (broad SMARTS) is 2. The summed E-state index contributed by atoms with van der Waals surface area (Å²) in [7, 11) is 0. The van der Waals surface area contributed by atoms with Crippen molar-refractivity contribution in [1.82, 2.24) is 9.97 Å². The summed E-state index contributed by atoms with van der Waals surface area (Å²) in [4.78, 5) is 28.1. The van der Waals surface area contributed by atoms with E-state index in [0.29, 0.717) is 12.1 Å². The zero-order valence-corrected chi connectivity index (χ0v) is 8.17. The van der Waals surface area contributed by atoms with Crippen LogP contribution in [0.5, 0.6) is 0 Å². The van der Waals surface area contributed by atoms with Gasteiger partial charge in [-0.15, -0.1) is 0 Å². The van der Waals surface area contributed by atoms with Crippen LogP contribution in [0, 0.1) is 5.92 Å². The zero-order valence-electron chi connectivity index (χ0n) is 8.17. The van der Waals surface area contributed by atoms with Gasteiger partial charge in [0, 0.05) is 17.8 Å². The number of rotatable bonds is 5. The van der Waals surface area contributed by atoms with E-state index in [1.807, 2.05) is 0 Å². The third-order valence-electron chi connectivity index (χ3n) is 2.29. The Morgan fingerprint density at radius 2 is 2.07 bits per heavy atom. The van der Waals surface area contributed by atoms with E-state index in [-0.39, 0.29) is 0 Å². The molecule has 1 heterocycles. The Hall–Kier alpha value is -1.85. The number of H-pyrrole nitrogens is 1. The first-order valence-corrected chi connectivity index (χ1v) is 4.51. The van der Waals surface area contributed by atoms with Crippen LogP contribution >= 0.6 is 0 Å². The lowest BCUT2D eigenvalue weighted by Crippen LogP contribution is -2.29. The van der Waals surface area contributed by atoms with Crippen molar-refractivity contribution in [2.45, 2.75) is 19.3 Å². The summed E-state index contributed by atoms with van der Waals surface area (Å²) >= 11 is 0. The van der Waals surface area contributed by atoms with Crippen molar-refractivity contribution in [3.05, 3.63) is 18.2 Å². The van der Waals surface area contributed by atoms with Crippen molar-refractivity contribution in [3.63, 3.8) is 0 Å². The Labute approximate surface area is 86.0 Å². The molecule has 6 nitrogen and oxygen atoms in total. The van der Waals surface area contributed by atoms with Gasteiger partial charge in [-0.3, -0.25) is 9.59 Å². The van der Waals surface area contributed by atoms with Gasteiger partial charge >= 0.3 is 11.9 Å². The van der Waals surface area contributed by atoms with Crippen molar-refractivity contribution >= 4 is 11.9 Å². The summed E-state index contributed by atoms with van der Waals surface area (Å²) in [6.45, 7) is 1.74. The third kappa shape index (κ3) is 2.34. The van der Waals surface area contributed by atoms with Crippen LogP contribution in [0.25, 0.3) is 0 Å². The van der Waals surface area contributed by atoms with Crippen LogP contribution in [0.1, 0.15) is 25.0 Å². The second-order valence-corrected chi connectivity index (χ2v) is 3.18. The van der Waals surface area contributed by atoms with Gasteiger partial charge in [0.2, 0.25) is 0 Å². The Kier molecular flexibility index (Phi) is 3.43. The van der Waals surface area contributed by atoms with E-state index in [1.165, 1.54) is 12.5 Å². The van der Waals surface area contributed by atoms with Crippen molar-refractivity contribution < 1.29 is 19.8 Å². The Balaban J connectivity index is 2.99. The minimum absolute atomic E-state index is 0.422. The number of imidazole rings is 1. The summed E-state index contributed by atoms with van der Waals surface area (Å²) in [5.41, 5.74) is 0.535. The molecule has 0 saturated heterocycles. The fourth-order valence-corrected chi connectivity index (χ4v) is 1.55. The highest BCUT2D eigenvalue weighted by Crippen LogP contribution is 2.26. The van der Waals surface area contributed by atoms with Gasteiger partial charge in [0.05, 0.1) is 6.33 Å². The van der Waals surface area contributed by atoms with Crippen LogP contribution in [-0.2, 0) is 9.59 Å². The molecule has 0 spiro atoms. The van der Waals surface area contributed by atoms with Crippen LogP contribution in [0.3, 0.4) is 0 Å². The lowest BCUT2D eigenvalue weighted by atomic mass is 9.88. The topological polar surface area (TPSA) is 103 Å². The zero-order chi connectivity index (χ0) is 11.4. The van der Waals surface area contributed by atoms with E-state index in [2.05, 4.69) is 9.97 Å². The number of aromatic amines is 1. The van der Waals surface area contributed by atoms with E-state index in [4.69, 9.17) is 10.2 Å². The summed E-state index contributed by atoms with van der Waals surface area (Å²) in [6, 6.07) is 0. The van der Waals surface area contributed by atoms with Crippen LogP contribution in [-0.4, -0.2) is 32.1 Å². The van der Waals surface area contributed by atoms with Gasteiger partial charge in [-0.25, -0.2) is 4.98 Å². The quantitative estimate of drug-likeness (QED) is 0.623. The molecule has 15 heavy (non-hydrogen) atoms. The monoisotopic (exact) mass is 212 g/mol. The van der Waals surface area contributed by atoms with Crippen molar-refractivity contribution in [2.24, 2.45) is 5.92 Å². The lowest BCUT2D eigenvalue weighted by molar-refractivity contribution is -0.155. The largest absolute Gasteiger partial charge is 0.481 e. The molecule has 82 valence electrons. The molecule has 0 radical (unpaired) electrons. The third-order valence-corrected chi connectivity index (χ3v) is 2.29. The van der Waals surface area contributed by atoms with Gasteiger partial charge < -0.3 is 15.2 Å². The van der Waals surface area contributed by atoms with E-state index in [1.54, 1.807) is 6.92 Å². The molecule has 6 heteroatoms. The average Bonchev–Trinajstić information content (AvgIpc) is 2.64. The number of hydrogen-bond donors (Lipinski definition) is 3. The summed E-state index contributed by atoms with van der Waals surface area (Å²) in [5.74, 6) is -4.68. The molecule has 0 fully saturated rings. The molecule has 0 saturated carbocycles. The molecule has 3 N–H and O–H groups in total. The predicted molar refractivity (Wildman–Crippen MR) is 50.4 cm³/mol. The molecule has 1 aromatic rings. The molecule has 0 aromatic carbocycles. The number of nitrogens with one attached hydrogen (secondary N) is 1. The molecule has 0 amide bonds. The lowest BCUT2D eigenvalue weighted by Gasteiger charge is -2.17. The normalized spacial score (nSPS) is 12.7. The number of aromatic nitrogens is 2. The first-order valence-electron chi connectivity index (χ1n) is 4.51. The number of hydrogen-bond acceptors (Lipinski definition) is 3. The molecule has 1 atom stereocenters. The molecular weight excluding hydrogens is 200 g/mol. The maximum Gasteiger partial charge on any atom is 0.318 e. The highest BCUT2D eigenvalue weighted by atomic mass is 16.4. The number of nitrogens with zero attached hydrogens (tertiary/aromatic N) is 1. The summed E-state index contributed by atoms with van der Waals surface area (Å²) < 4.78 is 0. The number of carbonyl (C=O) groups is 2. The molecule has 1 aromatic heterocycles. The predicted octanol–water partition coefficient (Wildman–Crippen LogP) is 0.689. The Morgan fingerprint density at radius 3 is 2.40 bits per heavy atom. The molecule has 1 unspecified atom stereocenters. The minimum atomic E-state index is -1.43. The van der Waals surface area contributed by atoms with Gasteiger partial charge in [-0.05, 0) is 6.42 Å². The standard InChI is InChI=1S/C9H12N2O4/c1-2-5(6-3-10-4-11-6)7(8(12)13)9(14)15/h3-5,7H,2H2,1H3,(H,10,11)(H,12,13)(H,14,15). The van der Waals surface area contributed by atoms with Gasteiger partial charge in [0.1, 0.15) is 0 Å². The molecule has 0 bridgehead atoms. The highest BCUT2D eigenvalue weighted by molar-refractivity contribution is 5.94. The Morgan fingerprint density at radius 1 is 1.47 bits per heavy atom. The van der Waals surface area contributed by atoms with Gasteiger partial charge in [0.15, 0.2) is 5.92 Å². The van der Waals surface area contributed by atoms with E-state index in [9.17, 15) is 9.59 Å². The van der Waals surface area contributed by atoms with Crippen LogP contribution in [0.4, 0.5) is 0 Å². The minimum Gasteiger partial charge on any atom is -0.481 e. The average molecular weight is 212 g/mol. The van der Waals surface area contributed by atoms with E-state index < -0.39 is 23.8 Å². The second-order valence-electron chi connectivity index (χ2n) is 3.18. The molecular formula is C9H12N2O4. The van der Waals surface area contributed by atoms with Gasteiger partial charge in [-0.1, -0.05) is 6.92 Å². The van der Waals surface area contributed by atoms with Crippen LogP contribution in [0.2, 0.25) is 0 Å². The van der Waals surface area contributed by atoms with Gasteiger partial charge in [0.25, 0.3) is 0 Å². The van der Waals surface area contributed by atoms with Crippen molar-refractivity contribution in [1.29, 1.82) is 0 Å². The van der Waals surface area contributed by atoms with Gasteiger partial charge in [-0.2, -0.15) is 0 Å². The fraction of sp³-hybridized carbons (Fsp3) is 0.444. The van der Waals surface area contributed by atoms with Crippen LogP contribution in [0.15, 0.2) is 12.5 Å². The number of aliphatic carboxylic acids is 2. The highest BCUT2D eigenvalue weighted by Gasteiger charge is 2.35. The molecule has 1 rings (SSSR count). The summed E-state index contributed by atoms with van der Waals surface area (Å²) in [5, 5.41) is 17.7. The van der Waals surface area contributed by atoms with E-state index in [0.717, 1.165) is 0 Å². The molecule has 0 aliphatic rings. The summed E-state index contributed by atoms with van der Waals surface area (Å²) in [6.07, 6.45) is 3.28. The second kappa shape index (κ2) is 4.59. The number of carboxylic acids is 2. The Bertz CT molecular complexity index is 333. The van der Waals surface area contributed by atoms with E-state index >= 15 is 0 Å². The first-order chi connectivity index (χ1) is 7.07. The smallest absolute Gasteiger partial charge is 0.318 e. The maximum absolute atomic E-state index is 10.8. The SMILES string of the molecule is CCC(c1cnc[nH]1)C(C(=O)O)C(=O)O.